The zero-order chi connectivity index (χ0) is 18.9. The molecule has 0 spiro atoms. The van der Waals surface area contributed by atoms with E-state index in [0.717, 1.165) is 6.08 Å². The normalized spacial score (nSPS) is 12.5. The summed E-state index contributed by atoms with van der Waals surface area (Å²) in [7, 11) is 0. The predicted octanol–water partition coefficient (Wildman–Crippen LogP) is 2.87. The lowest BCUT2D eigenvalue weighted by Gasteiger charge is -2.13. The highest BCUT2D eigenvalue weighted by molar-refractivity contribution is 5.90. The highest BCUT2D eigenvalue weighted by atomic mass is 19.4. The van der Waals surface area contributed by atoms with Gasteiger partial charge in [-0.1, -0.05) is 24.8 Å². The van der Waals surface area contributed by atoms with Crippen molar-refractivity contribution in [3.8, 4) is 5.75 Å². The van der Waals surface area contributed by atoms with Crippen LogP contribution in [-0.4, -0.2) is 37.3 Å². The molecule has 0 radical (unpaired) electrons. The maximum Gasteiger partial charge on any atom is 0.405 e. The first-order valence-electron chi connectivity index (χ1n) is 7.28. The van der Waals surface area contributed by atoms with Crippen LogP contribution in [0.3, 0.4) is 0 Å². The van der Waals surface area contributed by atoms with Crippen LogP contribution in [0.5, 0.6) is 5.75 Å². The number of halogens is 3. The maximum absolute atomic E-state index is 12.0. The fraction of sp³-hybridized carbons (Fsp3) is 0.294. The smallest absolute Gasteiger partial charge is 0.405 e. The van der Waals surface area contributed by atoms with E-state index in [9.17, 15) is 22.8 Å². The lowest BCUT2D eigenvalue weighted by Crippen LogP contribution is -2.40. The Bertz CT molecular complexity index is 624. The van der Waals surface area contributed by atoms with Crippen LogP contribution in [0.15, 0.2) is 43.0 Å². The Hall–Kier alpha value is -2.77. The Balaban J connectivity index is 2.48. The number of ether oxygens (including phenoxy) is 2. The van der Waals surface area contributed by atoms with Gasteiger partial charge in [-0.05, 0) is 30.7 Å². The molecule has 0 aromatic heterocycles. The summed E-state index contributed by atoms with van der Waals surface area (Å²) in [6, 6.07) is 6.78. The molecule has 0 aliphatic heterocycles. The van der Waals surface area contributed by atoms with Crippen molar-refractivity contribution in [1.29, 1.82) is 0 Å². The second kappa shape index (κ2) is 9.51. The summed E-state index contributed by atoms with van der Waals surface area (Å²) in [6.45, 7) is 3.60. The van der Waals surface area contributed by atoms with Crippen molar-refractivity contribution in [2.45, 2.75) is 19.2 Å². The van der Waals surface area contributed by atoms with E-state index in [1.54, 1.807) is 35.7 Å². The number of carbonyl (C=O) groups excluding carboxylic acids is 2. The number of amides is 1. The predicted molar refractivity (Wildman–Crippen MR) is 85.8 cm³/mol. The number of alkyl halides is 3. The topological polar surface area (TPSA) is 64.6 Å². The first-order valence-corrected chi connectivity index (χ1v) is 7.28. The molecule has 0 bridgehead atoms. The summed E-state index contributed by atoms with van der Waals surface area (Å²) < 4.78 is 46.0. The van der Waals surface area contributed by atoms with Gasteiger partial charge in [-0.15, -0.1) is 0 Å². The van der Waals surface area contributed by atoms with Gasteiger partial charge in [0.25, 0.3) is 5.91 Å². The van der Waals surface area contributed by atoms with E-state index in [4.69, 9.17) is 9.47 Å². The quantitative estimate of drug-likeness (QED) is 0.441. The number of benzene rings is 1. The molecule has 0 saturated carbocycles. The lowest BCUT2D eigenvalue weighted by molar-refractivity contribution is -0.154. The largest absolute Gasteiger partial charge is 0.490 e. The third-order valence-corrected chi connectivity index (χ3v) is 2.79. The van der Waals surface area contributed by atoms with E-state index in [2.05, 4.69) is 6.58 Å². The van der Waals surface area contributed by atoms with E-state index in [0.29, 0.717) is 17.9 Å². The molecule has 1 rings (SSSR count). The fourth-order valence-electron chi connectivity index (χ4n) is 1.59. The first-order chi connectivity index (χ1) is 11.7. The summed E-state index contributed by atoms with van der Waals surface area (Å²) >= 11 is 0. The Morgan fingerprint density at radius 2 is 1.92 bits per heavy atom. The van der Waals surface area contributed by atoms with Crippen molar-refractivity contribution in [1.82, 2.24) is 5.32 Å². The molecular formula is C17H18F3NO4. The molecule has 136 valence electrons. The molecule has 0 fully saturated rings. The number of esters is 1. The average molecular weight is 357 g/mol. The zero-order valence-electron chi connectivity index (χ0n) is 13.5. The Morgan fingerprint density at radius 3 is 2.48 bits per heavy atom. The van der Waals surface area contributed by atoms with E-state index in [-0.39, 0.29) is 0 Å². The molecule has 1 aromatic rings. The van der Waals surface area contributed by atoms with Crippen molar-refractivity contribution in [3.05, 3.63) is 48.6 Å². The van der Waals surface area contributed by atoms with Crippen LogP contribution in [-0.2, 0) is 14.3 Å². The summed E-state index contributed by atoms with van der Waals surface area (Å²) in [4.78, 5) is 23.0. The number of carbonyl (C=O) groups is 2. The Kier molecular flexibility index (Phi) is 7.71. The molecule has 1 N–H and O–H groups in total. The Labute approximate surface area is 143 Å². The fourth-order valence-corrected chi connectivity index (χ4v) is 1.59. The maximum atomic E-state index is 12.0. The van der Waals surface area contributed by atoms with Crippen LogP contribution in [0, 0.1) is 0 Å². The van der Waals surface area contributed by atoms with Crippen LogP contribution in [0.25, 0.3) is 6.08 Å². The van der Waals surface area contributed by atoms with Gasteiger partial charge in [0.2, 0.25) is 0 Å². The van der Waals surface area contributed by atoms with Crippen LogP contribution in [0.2, 0.25) is 0 Å². The van der Waals surface area contributed by atoms with Gasteiger partial charge in [0, 0.05) is 6.08 Å². The molecule has 1 aromatic carbocycles. The first kappa shape index (κ1) is 20.3. The van der Waals surface area contributed by atoms with E-state index < -0.39 is 30.7 Å². The minimum atomic E-state index is -4.53. The van der Waals surface area contributed by atoms with Crippen molar-refractivity contribution < 1.29 is 32.2 Å². The molecular weight excluding hydrogens is 339 g/mol. The number of hydrogen-bond donors (Lipinski definition) is 1. The van der Waals surface area contributed by atoms with E-state index in [1.165, 1.54) is 13.0 Å². The van der Waals surface area contributed by atoms with Gasteiger partial charge < -0.3 is 14.8 Å². The summed E-state index contributed by atoms with van der Waals surface area (Å²) in [5.41, 5.74) is 0.678. The van der Waals surface area contributed by atoms with Crippen LogP contribution in [0.4, 0.5) is 13.2 Å². The summed E-state index contributed by atoms with van der Waals surface area (Å²) in [5, 5.41) is 1.64. The Morgan fingerprint density at radius 1 is 1.28 bits per heavy atom. The van der Waals surface area contributed by atoms with Crippen molar-refractivity contribution >= 4 is 18.0 Å². The van der Waals surface area contributed by atoms with Crippen molar-refractivity contribution in [2.24, 2.45) is 0 Å². The van der Waals surface area contributed by atoms with Gasteiger partial charge >= 0.3 is 12.1 Å². The van der Waals surface area contributed by atoms with Gasteiger partial charge in [0.15, 0.2) is 6.10 Å². The average Bonchev–Trinajstić information content (AvgIpc) is 2.56. The van der Waals surface area contributed by atoms with E-state index in [1.807, 2.05) is 0 Å². The van der Waals surface area contributed by atoms with Crippen molar-refractivity contribution in [3.63, 3.8) is 0 Å². The highest BCUT2D eigenvalue weighted by Gasteiger charge is 2.29. The molecule has 8 heteroatoms. The SMILES string of the molecule is C=CCOc1ccc(/C=C/C(=O)OC(C)C(=O)NCC(F)(F)F)cc1. The monoisotopic (exact) mass is 357 g/mol. The lowest BCUT2D eigenvalue weighted by atomic mass is 10.2. The standard InChI is InChI=1S/C17H18F3NO4/c1-3-10-24-14-7-4-13(5-8-14)6-9-15(22)25-12(2)16(23)21-11-17(18,19)20/h3-9,12H,1,10-11H2,2H3,(H,21,23)/b9-6+. The molecule has 1 amide bonds. The van der Waals surface area contributed by atoms with Crippen LogP contribution < -0.4 is 10.1 Å². The minimum absolute atomic E-state index is 0.371. The molecule has 0 heterocycles. The van der Waals surface area contributed by atoms with Gasteiger partial charge in [-0.2, -0.15) is 13.2 Å². The van der Waals surface area contributed by atoms with E-state index >= 15 is 0 Å². The number of nitrogens with one attached hydrogen (secondary N) is 1. The van der Waals surface area contributed by atoms with Gasteiger partial charge in [-0.3, -0.25) is 4.79 Å². The zero-order valence-corrected chi connectivity index (χ0v) is 13.5. The van der Waals surface area contributed by atoms with Gasteiger partial charge in [-0.25, -0.2) is 4.79 Å². The molecule has 0 aliphatic carbocycles. The molecule has 0 saturated heterocycles. The van der Waals surface area contributed by atoms with Crippen LogP contribution in [0.1, 0.15) is 12.5 Å². The molecule has 5 nitrogen and oxygen atoms in total. The summed E-state index contributed by atoms with van der Waals surface area (Å²) in [5.74, 6) is -1.24. The van der Waals surface area contributed by atoms with Crippen molar-refractivity contribution in [2.75, 3.05) is 13.2 Å². The number of rotatable bonds is 8. The number of hydrogen-bond acceptors (Lipinski definition) is 4. The molecule has 0 aliphatic rings. The second-order valence-electron chi connectivity index (χ2n) is 4.91. The third kappa shape index (κ3) is 8.59. The molecule has 25 heavy (non-hydrogen) atoms. The highest BCUT2D eigenvalue weighted by Crippen LogP contribution is 2.14. The molecule has 1 atom stereocenters. The third-order valence-electron chi connectivity index (χ3n) is 2.79. The molecule has 1 unspecified atom stereocenters. The van der Waals surface area contributed by atoms with Gasteiger partial charge in [0.1, 0.15) is 18.9 Å². The summed E-state index contributed by atoms with van der Waals surface area (Å²) in [6.07, 6.45) is -1.74. The second-order valence-corrected chi connectivity index (χ2v) is 4.91. The van der Waals surface area contributed by atoms with Gasteiger partial charge in [0.05, 0.1) is 0 Å². The minimum Gasteiger partial charge on any atom is -0.490 e. The van der Waals surface area contributed by atoms with Crippen LogP contribution >= 0.6 is 0 Å².